The Kier molecular flexibility index (Phi) is 13.5. The van der Waals surface area contributed by atoms with E-state index in [0.717, 1.165) is 0 Å². The summed E-state index contributed by atoms with van der Waals surface area (Å²) >= 11 is 0. The number of rotatable bonds is 0. The van der Waals surface area contributed by atoms with Crippen molar-refractivity contribution in [2.45, 2.75) is 0 Å². The lowest BCUT2D eigenvalue weighted by Gasteiger charge is -1.61. The molecule has 2 N–H and O–H groups in total. The normalized spacial score (nSPS) is 6.29. The van der Waals surface area contributed by atoms with Gasteiger partial charge >= 0.3 is 8.25 Å². The largest absolute Gasteiger partial charge is 0.692 e. The minimum atomic E-state index is -2.87. The second-order valence-corrected chi connectivity index (χ2v) is 1.17. The third kappa shape index (κ3) is 237000. The summed E-state index contributed by atoms with van der Waals surface area (Å²) in [6.45, 7) is 0. The second kappa shape index (κ2) is 9.36. The van der Waals surface area contributed by atoms with Crippen molar-refractivity contribution < 1.29 is 19.1 Å². The lowest BCUT2D eigenvalue weighted by atomic mass is 11.6. The number of ether oxygens (including phenoxy) is 1. The van der Waals surface area contributed by atoms with E-state index in [2.05, 4.69) is 4.74 Å². The molecule has 0 unspecified atom stereocenters. The average Bonchev–Trinajstić information content (AvgIpc) is 1.33. The summed E-state index contributed by atoms with van der Waals surface area (Å²) in [7, 11) is 0.380. The molecule has 0 aliphatic carbocycles. The van der Waals surface area contributed by atoms with E-state index in [-0.39, 0.29) is 0 Å². The first-order valence-corrected chi connectivity index (χ1v) is 2.56. The molecule has 44 valence electrons. The molecular formula is C2H8O4P+. The van der Waals surface area contributed by atoms with Crippen LogP contribution in [0.3, 0.4) is 0 Å². The van der Waals surface area contributed by atoms with Crippen molar-refractivity contribution >= 4 is 8.25 Å². The van der Waals surface area contributed by atoms with Gasteiger partial charge in [0.2, 0.25) is 0 Å². The highest BCUT2D eigenvalue weighted by Crippen LogP contribution is 1.98. The molecule has 0 spiro atoms. The van der Waals surface area contributed by atoms with Gasteiger partial charge in [-0.2, -0.15) is 0 Å². The van der Waals surface area contributed by atoms with E-state index in [1.165, 1.54) is 0 Å². The summed E-state index contributed by atoms with van der Waals surface area (Å²) in [5.41, 5.74) is 0. The van der Waals surface area contributed by atoms with Crippen molar-refractivity contribution in [2.75, 3.05) is 14.2 Å². The van der Waals surface area contributed by atoms with E-state index in [0.29, 0.717) is 0 Å². The van der Waals surface area contributed by atoms with Crippen LogP contribution in [0.2, 0.25) is 0 Å². The summed E-state index contributed by atoms with van der Waals surface area (Å²) in [4.78, 5) is 14.2. The van der Waals surface area contributed by atoms with Crippen LogP contribution in [0.1, 0.15) is 0 Å². The van der Waals surface area contributed by atoms with Gasteiger partial charge < -0.3 is 4.74 Å². The van der Waals surface area contributed by atoms with Crippen LogP contribution >= 0.6 is 8.25 Å². The van der Waals surface area contributed by atoms with Gasteiger partial charge in [0, 0.05) is 18.8 Å². The fraction of sp³-hybridized carbons (Fsp3) is 1.00. The average molecular weight is 127 g/mol. The molecule has 0 heterocycles. The van der Waals surface area contributed by atoms with Gasteiger partial charge in [-0.15, -0.1) is 9.79 Å². The SMILES string of the molecule is COC.O=[P+](O)O. The minimum Gasteiger partial charge on any atom is -0.388 e. The van der Waals surface area contributed by atoms with E-state index in [1.54, 1.807) is 14.2 Å². The lowest BCUT2D eigenvalue weighted by Crippen LogP contribution is -1.55. The molecule has 0 bridgehead atoms. The zero-order valence-corrected chi connectivity index (χ0v) is 5.05. The van der Waals surface area contributed by atoms with Gasteiger partial charge in [-0.1, -0.05) is 0 Å². The first-order valence-electron chi connectivity index (χ1n) is 1.40. The Labute approximate surface area is 42.7 Å². The highest BCUT2D eigenvalue weighted by Gasteiger charge is 1.93. The highest BCUT2D eigenvalue weighted by molar-refractivity contribution is 7.30. The van der Waals surface area contributed by atoms with Crippen molar-refractivity contribution in [1.29, 1.82) is 0 Å². The molecular weight excluding hydrogens is 119 g/mol. The van der Waals surface area contributed by atoms with Gasteiger partial charge in [-0.3, -0.25) is 0 Å². The van der Waals surface area contributed by atoms with Crippen molar-refractivity contribution in [3.8, 4) is 0 Å². The molecule has 0 saturated heterocycles. The number of methoxy groups -OCH3 is 1. The Morgan fingerprint density at radius 1 is 1.43 bits per heavy atom. The molecule has 0 aliphatic rings. The van der Waals surface area contributed by atoms with Gasteiger partial charge in [0.05, 0.1) is 0 Å². The van der Waals surface area contributed by atoms with Crippen LogP contribution in [0.25, 0.3) is 0 Å². The predicted molar refractivity (Wildman–Crippen MR) is 25.0 cm³/mol. The smallest absolute Gasteiger partial charge is 0.388 e. The molecule has 0 saturated carbocycles. The van der Waals surface area contributed by atoms with Crippen LogP contribution in [0.4, 0.5) is 0 Å². The highest BCUT2D eigenvalue weighted by atomic mass is 31.1. The quantitative estimate of drug-likeness (QED) is 0.445. The van der Waals surface area contributed by atoms with Crippen LogP contribution in [0.5, 0.6) is 0 Å². The number of hydrogen-bond donors (Lipinski definition) is 2. The zero-order chi connectivity index (χ0) is 6.28. The summed E-state index contributed by atoms with van der Waals surface area (Å²) in [5.74, 6) is 0. The Morgan fingerprint density at radius 3 is 1.43 bits per heavy atom. The lowest BCUT2D eigenvalue weighted by molar-refractivity contribution is 0.277. The van der Waals surface area contributed by atoms with E-state index in [9.17, 15) is 0 Å². The fourth-order valence-corrected chi connectivity index (χ4v) is 0. The topological polar surface area (TPSA) is 66.8 Å². The molecule has 0 aliphatic heterocycles. The van der Waals surface area contributed by atoms with Crippen molar-refractivity contribution in [3.63, 3.8) is 0 Å². The van der Waals surface area contributed by atoms with E-state index < -0.39 is 8.25 Å². The van der Waals surface area contributed by atoms with Crippen molar-refractivity contribution in [2.24, 2.45) is 0 Å². The molecule has 0 aromatic heterocycles. The molecule has 5 heteroatoms. The van der Waals surface area contributed by atoms with Crippen LogP contribution in [0, 0.1) is 0 Å². The fourth-order valence-electron chi connectivity index (χ4n) is 0. The Hall–Kier alpha value is -0.0200. The monoisotopic (exact) mass is 127 g/mol. The van der Waals surface area contributed by atoms with Gasteiger partial charge in [0.15, 0.2) is 0 Å². The molecule has 0 amide bonds. The summed E-state index contributed by atoms with van der Waals surface area (Å²) in [5, 5.41) is 0. The van der Waals surface area contributed by atoms with Crippen molar-refractivity contribution in [3.05, 3.63) is 0 Å². The van der Waals surface area contributed by atoms with Gasteiger partial charge in [-0.05, 0) is 0 Å². The molecule has 0 aromatic rings. The standard InChI is InChI=1S/C2H6O.HO3P/c1-3-2;1-4(2)3/h1-2H3;(H-,1,2,3)/p+1. The molecule has 0 radical (unpaired) electrons. The van der Waals surface area contributed by atoms with E-state index in [1.807, 2.05) is 0 Å². The Morgan fingerprint density at radius 2 is 1.43 bits per heavy atom. The predicted octanol–water partition coefficient (Wildman–Crippen LogP) is -0.109. The Balaban J connectivity index is 0. The van der Waals surface area contributed by atoms with Crippen LogP contribution in [-0.4, -0.2) is 24.0 Å². The van der Waals surface area contributed by atoms with Crippen LogP contribution < -0.4 is 0 Å². The summed E-state index contributed by atoms with van der Waals surface area (Å²) < 4.78 is 13.0. The maximum atomic E-state index is 8.70. The number of hydrogen-bond acceptors (Lipinski definition) is 2. The van der Waals surface area contributed by atoms with Crippen molar-refractivity contribution in [1.82, 2.24) is 0 Å². The molecule has 0 rings (SSSR count). The van der Waals surface area contributed by atoms with Gasteiger partial charge in [0.1, 0.15) is 0 Å². The molecule has 0 aromatic carbocycles. The summed E-state index contributed by atoms with van der Waals surface area (Å²) in [6.07, 6.45) is 0. The molecule has 4 nitrogen and oxygen atoms in total. The molecule has 7 heavy (non-hydrogen) atoms. The van der Waals surface area contributed by atoms with Crippen LogP contribution in [0.15, 0.2) is 0 Å². The zero-order valence-electron chi connectivity index (χ0n) is 4.16. The third-order valence-corrected chi connectivity index (χ3v) is 0. The maximum absolute atomic E-state index is 8.70. The first kappa shape index (κ1) is 10.1. The first-order chi connectivity index (χ1) is 3.15. The van der Waals surface area contributed by atoms with E-state index >= 15 is 0 Å². The molecule has 0 atom stereocenters. The maximum Gasteiger partial charge on any atom is 0.692 e. The van der Waals surface area contributed by atoms with Gasteiger partial charge in [0.25, 0.3) is 0 Å². The van der Waals surface area contributed by atoms with Gasteiger partial charge in [-0.25, -0.2) is 0 Å². The third-order valence-electron chi connectivity index (χ3n) is 0. The van der Waals surface area contributed by atoms with E-state index in [4.69, 9.17) is 14.4 Å². The Bertz CT molecular complexity index is 41.0. The second-order valence-electron chi connectivity index (χ2n) is 0.661. The molecule has 0 fully saturated rings. The van der Waals surface area contributed by atoms with Crippen LogP contribution in [-0.2, 0) is 9.30 Å². The minimum absolute atomic E-state index is 1.62. The summed E-state index contributed by atoms with van der Waals surface area (Å²) in [6, 6.07) is 0.